The summed E-state index contributed by atoms with van der Waals surface area (Å²) >= 11 is 12.2. The Bertz CT molecular complexity index is 584. The molecule has 0 amide bonds. The minimum Gasteiger partial charge on any atom is -0.374 e. The summed E-state index contributed by atoms with van der Waals surface area (Å²) in [5, 5.41) is 0. The third-order valence-electron chi connectivity index (χ3n) is 3.60. The molecule has 1 aliphatic heterocycles. The Labute approximate surface area is 160 Å². The minimum atomic E-state index is -2.58. The lowest BCUT2D eigenvalue weighted by Gasteiger charge is -2.28. The van der Waals surface area contributed by atoms with Gasteiger partial charge >= 0.3 is 8.80 Å². The molecule has 1 aliphatic carbocycles. The van der Waals surface area contributed by atoms with Crippen molar-refractivity contribution in [1.82, 2.24) is 0 Å². The molecule has 0 saturated heterocycles. The first-order chi connectivity index (χ1) is 11.5. The van der Waals surface area contributed by atoms with Gasteiger partial charge in [-0.3, -0.25) is 0 Å². The molecule has 0 atom stereocenters. The van der Waals surface area contributed by atoms with Gasteiger partial charge in [-0.1, -0.05) is 42.3 Å². The molecule has 0 unspecified atom stereocenters. The number of nitrogens with zero attached hydrogens (tertiary/aromatic N) is 1. The molecule has 2 rings (SSSR count). The molecule has 2 aliphatic rings. The Morgan fingerprint density at radius 2 is 1.67 bits per heavy atom. The second-order valence-electron chi connectivity index (χ2n) is 5.22. The standard InChI is InChI=1S/C16H23NO3S3Si/c1-4-18-24(19-5-2,20-6-3)11-7-8-12-9-10-13-14(15(12)21)17-16(22)23-13/h9-10H,4-8,11H2,1-3H3. The van der Waals surface area contributed by atoms with Crippen molar-refractivity contribution in [2.75, 3.05) is 19.8 Å². The van der Waals surface area contributed by atoms with Crippen LogP contribution in [0.3, 0.4) is 0 Å². The fourth-order valence-electron chi connectivity index (χ4n) is 2.68. The zero-order valence-electron chi connectivity index (χ0n) is 14.3. The minimum absolute atomic E-state index is 0.602. The maximum absolute atomic E-state index is 5.90. The number of allylic oxidation sites excluding steroid dienone is 4. The fourth-order valence-corrected chi connectivity index (χ4v) is 6.75. The number of rotatable bonds is 10. The van der Waals surface area contributed by atoms with Crippen molar-refractivity contribution in [2.45, 2.75) is 39.7 Å². The topological polar surface area (TPSA) is 40.0 Å². The number of thiocarbonyl (C=S) groups is 2. The number of fused-ring (bicyclic) bond motifs is 1. The van der Waals surface area contributed by atoms with Crippen molar-refractivity contribution in [1.29, 1.82) is 0 Å². The van der Waals surface area contributed by atoms with E-state index in [0.717, 1.165) is 39.9 Å². The summed E-state index contributed by atoms with van der Waals surface area (Å²) in [6, 6.07) is 0.790. The fraction of sp³-hybridized carbons (Fsp3) is 0.562. The maximum Gasteiger partial charge on any atom is 0.500 e. The highest BCUT2D eigenvalue weighted by Crippen LogP contribution is 2.33. The molecular weight excluding hydrogens is 378 g/mol. The first-order valence-electron chi connectivity index (χ1n) is 8.23. The Balaban J connectivity index is 1.98. The Hall–Kier alpha value is -0.223. The van der Waals surface area contributed by atoms with Crippen molar-refractivity contribution >= 4 is 59.9 Å². The second kappa shape index (κ2) is 9.47. The van der Waals surface area contributed by atoms with E-state index in [1.807, 2.05) is 20.8 Å². The van der Waals surface area contributed by atoms with Crippen molar-refractivity contribution in [2.24, 2.45) is 4.99 Å². The molecule has 24 heavy (non-hydrogen) atoms. The zero-order valence-corrected chi connectivity index (χ0v) is 17.7. The van der Waals surface area contributed by atoms with Crippen LogP contribution >= 0.6 is 36.2 Å². The van der Waals surface area contributed by atoms with Gasteiger partial charge in [-0.05, 0) is 45.3 Å². The normalized spacial score (nSPS) is 17.5. The molecule has 0 saturated carbocycles. The van der Waals surface area contributed by atoms with Gasteiger partial charge in [0.2, 0.25) is 0 Å². The monoisotopic (exact) mass is 401 g/mol. The van der Waals surface area contributed by atoms with Crippen molar-refractivity contribution in [3.63, 3.8) is 0 Å². The average molecular weight is 402 g/mol. The molecule has 0 spiro atoms. The van der Waals surface area contributed by atoms with Crippen LogP contribution in [-0.2, 0) is 13.3 Å². The van der Waals surface area contributed by atoms with Gasteiger partial charge in [-0.2, -0.15) is 0 Å². The Morgan fingerprint density at radius 1 is 1.04 bits per heavy atom. The van der Waals surface area contributed by atoms with Gasteiger partial charge in [0.15, 0.2) is 4.32 Å². The van der Waals surface area contributed by atoms with Gasteiger partial charge in [0.25, 0.3) is 0 Å². The van der Waals surface area contributed by atoms with E-state index >= 15 is 0 Å². The van der Waals surface area contributed by atoms with Gasteiger partial charge in [0.1, 0.15) is 0 Å². The Morgan fingerprint density at radius 3 is 2.25 bits per heavy atom. The number of hydrogen-bond donors (Lipinski definition) is 0. The van der Waals surface area contributed by atoms with Crippen molar-refractivity contribution < 1.29 is 13.3 Å². The first kappa shape index (κ1) is 20.1. The molecule has 1 heterocycles. The highest BCUT2D eigenvalue weighted by Gasteiger charge is 2.39. The predicted octanol–water partition coefficient (Wildman–Crippen LogP) is 4.48. The van der Waals surface area contributed by atoms with E-state index in [4.69, 9.17) is 37.7 Å². The smallest absolute Gasteiger partial charge is 0.374 e. The van der Waals surface area contributed by atoms with Crippen LogP contribution < -0.4 is 0 Å². The summed E-state index contributed by atoms with van der Waals surface area (Å²) in [5.41, 5.74) is 1.99. The molecule has 132 valence electrons. The van der Waals surface area contributed by atoms with Crippen LogP contribution in [0.1, 0.15) is 33.6 Å². The summed E-state index contributed by atoms with van der Waals surface area (Å²) in [6.07, 6.45) is 5.92. The van der Waals surface area contributed by atoms with Gasteiger partial charge < -0.3 is 13.3 Å². The second-order valence-corrected chi connectivity index (χ2v) is 10.0. The lowest BCUT2D eigenvalue weighted by molar-refractivity contribution is 0.0709. The van der Waals surface area contributed by atoms with E-state index in [1.54, 1.807) is 0 Å². The molecule has 0 aromatic rings. The number of aliphatic imine (C=N–C) groups is 1. The highest BCUT2D eigenvalue weighted by atomic mass is 32.2. The predicted molar refractivity (Wildman–Crippen MR) is 111 cm³/mol. The maximum atomic E-state index is 5.90. The van der Waals surface area contributed by atoms with E-state index < -0.39 is 8.80 Å². The quantitative estimate of drug-likeness (QED) is 0.397. The van der Waals surface area contributed by atoms with E-state index in [0.29, 0.717) is 24.1 Å². The summed E-state index contributed by atoms with van der Waals surface area (Å²) in [7, 11) is -2.58. The number of thioether (sulfide) groups is 1. The highest BCUT2D eigenvalue weighted by molar-refractivity contribution is 8.26. The third-order valence-corrected chi connectivity index (χ3v) is 8.36. The SMILES string of the molecule is CCO[Si](CCCC1=CC=C2SC(=S)N=C2C1=S)(OCC)OCC. The van der Waals surface area contributed by atoms with E-state index in [1.165, 1.54) is 11.8 Å². The van der Waals surface area contributed by atoms with Crippen LogP contribution in [0.4, 0.5) is 0 Å². The molecule has 4 nitrogen and oxygen atoms in total. The number of hydrogen-bond acceptors (Lipinski definition) is 6. The lowest BCUT2D eigenvalue weighted by Crippen LogP contribution is -2.45. The van der Waals surface area contributed by atoms with E-state index in [9.17, 15) is 0 Å². The molecular formula is C16H23NO3S3Si. The lowest BCUT2D eigenvalue weighted by atomic mass is 9.99. The van der Waals surface area contributed by atoms with E-state index in [2.05, 4.69) is 17.1 Å². The van der Waals surface area contributed by atoms with E-state index in [-0.39, 0.29) is 0 Å². The molecule has 0 aromatic carbocycles. The van der Waals surface area contributed by atoms with Crippen LogP contribution in [0, 0.1) is 0 Å². The van der Waals surface area contributed by atoms with Crippen LogP contribution in [0.25, 0.3) is 0 Å². The first-order valence-corrected chi connectivity index (χ1v) is 11.8. The summed E-state index contributed by atoms with van der Waals surface area (Å²) < 4.78 is 18.3. The van der Waals surface area contributed by atoms with Gasteiger partial charge in [0.05, 0.1) is 10.6 Å². The van der Waals surface area contributed by atoms with Crippen LogP contribution in [-0.4, -0.2) is 43.5 Å². The summed E-state index contributed by atoms with van der Waals surface area (Å²) in [4.78, 5) is 6.26. The van der Waals surface area contributed by atoms with Crippen molar-refractivity contribution in [3.8, 4) is 0 Å². The molecule has 0 bridgehead atoms. The molecule has 0 fully saturated rings. The van der Waals surface area contributed by atoms with Gasteiger partial charge in [-0.25, -0.2) is 4.99 Å². The van der Waals surface area contributed by atoms with Crippen LogP contribution in [0.2, 0.25) is 6.04 Å². The van der Waals surface area contributed by atoms with Crippen LogP contribution in [0.15, 0.2) is 27.6 Å². The van der Waals surface area contributed by atoms with Crippen molar-refractivity contribution in [3.05, 3.63) is 22.6 Å². The summed E-state index contributed by atoms with van der Waals surface area (Å²) in [5.74, 6) is 0. The molecule has 0 radical (unpaired) electrons. The zero-order chi connectivity index (χ0) is 17.6. The van der Waals surface area contributed by atoms with Crippen LogP contribution in [0.5, 0.6) is 0 Å². The molecule has 0 aromatic heterocycles. The average Bonchev–Trinajstić information content (AvgIpc) is 2.92. The molecule has 8 heteroatoms. The largest absolute Gasteiger partial charge is 0.500 e. The Kier molecular flexibility index (Phi) is 7.93. The molecule has 0 N–H and O–H groups in total. The third kappa shape index (κ3) is 4.91. The van der Waals surface area contributed by atoms with Gasteiger partial charge in [0, 0.05) is 30.8 Å². The summed E-state index contributed by atoms with van der Waals surface area (Å²) in [6.45, 7) is 7.73. The van der Waals surface area contributed by atoms with Gasteiger partial charge in [-0.15, -0.1) is 0 Å².